The average Bonchev–Trinajstić information content (AvgIpc) is 2.31. The van der Waals surface area contributed by atoms with Crippen LogP contribution >= 0.6 is 12.2 Å². The van der Waals surface area contributed by atoms with E-state index in [9.17, 15) is 10.1 Å². The first-order chi connectivity index (χ1) is 8.49. The van der Waals surface area contributed by atoms with E-state index in [1.165, 1.54) is 13.2 Å². The summed E-state index contributed by atoms with van der Waals surface area (Å²) in [6.07, 6.45) is 0. The normalized spacial score (nSPS) is 9.72. The molecule has 6 nitrogen and oxygen atoms in total. The number of nitro benzene ring substituents is 1. The van der Waals surface area contributed by atoms with E-state index in [4.69, 9.17) is 17.0 Å². The van der Waals surface area contributed by atoms with Gasteiger partial charge < -0.3 is 15.4 Å². The Morgan fingerprint density at radius 1 is 1.56 bits per heavy atom. The van der Waals surface area contributed by atoms with Gasteiger partial charge in [-0.25, -0.2) is 0 Å². The third-order valence-electron chi connectivity index (χ3n) is 2.31. The fourth-order valence-electron chi connectivity index (χ4n) is 1.44. The Morgan fingerprint density at radius 2 is 2.22 bits per heavy atom. The number of thiocarbonyl (C=S) groups is 1. The van der Waals surface area contributed by atoms with Gasteiger partial charge in [0, 0.05) is 24.4 Å². The van der Waals surface area contributed by atoms with Crippen LogP contribution in [0.25, 0.3) is 0 Å². The molecule has 18 heavy (non-hydrogen) atoms. The lowest BCUT2D eigenvalue weighted by molar-refractivity contribution is -0.385. The van der Waals surface area contributed by atoms with E-state index in [2.05, 4.69) is 10.6 Å². The number of nitro groups is 1. The van der Waals surface area contributed by atoms with Gasteiger partial charge in [0.15, 0.2) is 10.9 Å². The lowest BCUT2D eigenvalue weighted by atomic mass is 10.1. The Kier molecular flexibility index (Phi) is 4.85. The summed E-state index contributed by atoms with van der Waals surface area (Å²) < 4.78 is 5.00. The van der Waals surface area contributed by atoms with Gasteiger partial charge in [-0.1, -0.05) is 0 Å². The maximum absolute atomic E-state index is 10.8. The van der Waals surface area contributed by atoms with Gasteiger partial charge in [-0.2, -0.15) is 0 Å². The molecule has 1 aromatic carbocycles. The summed E-state index contributed by atoms with van der Waals surface area (Å²) in [6.45, 7) is 4.40. The van der Waals surface area contributed by atoms with Crippen LogP contribution in [0.4, 0.5) is 11.4 Å². The maximum Gasteiger partial charge on any atom is 0.311 e. The second-order valence-corrected chi connectivity index (χ2v) is 3.99. The molecule has 0 heterocycles. The molecule has 0 aromatic heterocycles. The first-order valence-electron chi connectivity index (χ1n) is 5.37. The Balaban J connectivity index is 3.07. The van der Waals surface area contributed by atoms with Crippen LogP contribution in [0.5, 0.6) is 5.75 Å². The van der Waals surface area contributed by atoms with Gasteiger partial charge in [0.05, 0.1) is 12.0 Å². The highest BCUT2D eigenvalue weighted by atomic mass is 32.1. The molecule has 0 bridgehead atoms. The zero-order chi connectivity index (χ0) is 13.7. The van der Waals surface area contributed by atoms with Crippen LogP contribution in [-0.2, 0) is 0 Å². The zero-order valence-electron chi connectivity index (χ0n) is 10.4. The molecule has 1 rings (SSSR count). The second kappa shape index (κ2) is 6.15. The van der Waals surface area contributed by atoms with Crippen molar-refractivity contribution in [1.82, 2.24) is 5.32 Å². The predicted molar refractivity (Wildman–Crippen MR) is 74.3 cm³/mol. The van der Waals surface area contributed by atoms with Crippen LogP contribution in [0.2, 0.25) is 0 Å². The fraction of sp³-hybridized carbons (Fsp3) is 0.364. The van der Waals surface area contributed by atoms with E-state index < -0.39 is 4.92 Å². The van der Waals surface area contributed by atoms with Crippen molar-refractivity contribution < 1.29 is 9.66 Å². The van der Waals surface area contributed by atoms with Gasteiger partial charge in [-0.05, 0) is 31.6 Å². The number of hydrogen-bond donors (Lipinski definition) is 2. The Labute approximate surface area is 110 Å². The Hall–Kier alpha value is -1.89. The highest BCUT2D eigenvalue weighted by Gasteiger charge is 2.17. The number of ether oxygens (including phenoxy) is 1. The number of anilines is 1. The molecule has 0 amide bonds. The van der Waals surface area contributed by atoms with E-state index in [0.29, 0.717) is 17.3 Å². The smallest absolute Gasteiger partial charge is 0.311 e. The van der Waals surface area contributed by atoms with Crippen molar-refractivity contribution in [3.63, 3.8) is 0 Å². The van der Waals surface area contributed by atoms with Crippen molar-refractivity contribution in [2.24, 2.45) is 0 Å². The molecule has 0 saturated carbocycles. The van der Waals surface area contributed by atoms with Gasteiger partial charge in [0.25, 0.3) is 0 Å². The van der Waals surface area contributed by atoms with Crippen molar-refractivity contribution in [2.75, 3.05) is 19.0 Å². The van der Waals surface area contributed by atoms with Crippen LogP contribution in [0.1, 0.15) is 12.5 Å². The number of methoxy groups -OCH3 is 1. The van der Waals surface area contributed by atoms with Crippen molar-refractivity contribution in [2.45, 2.75) is 13.8 Å². The fourth-order valence-corrected chi connectivity index (χ4v) is 1.70. The maximum atomic E-state index is 10.8. The molecule has 0 fully saturated rings. The number of nitrogens with one attached hydrogen (secondary N) is 2. The summed E-state index contributed by atoms with van der Waals surface area (Å²) in [4.78, 5) is 10.4. The molecule has 0 aliphatic rings. The van der Waals surface area contributed by atoms with E-state index in [1.54, 1.807) is 13.0 Å². The van der Waals surface area contributed by atoms with Gasteiger partial charge >= 0.3 is 5.69 Å². The van der Waals surface area contributed by atoms with Crippen molar-refractivity contribution in [3.05, 3.63) is 27.8 Å². The summed E-state index contributed by atoms with van der Waals surface area (Å²) in [5.74, 6) is 0.201. The van der Waals surface area contributed by atoms with E-state index in [1.807, 2.05) is 6.92 Å². The molecule has 2 N–H and O–H groups in total. The molecule has 0 aliphatic carbocycles. The minimum absolute atomic E-state index is 0.0603. The lowest BCUT2D eigenvalue weighted by Gasteiger charge is -2.12. The summed E-state index contributed by atoms with van der Waals surface area (Å²) in [5, 5.41) is 17.2. The minimum atomic E-state index is -0.474. The minimum Gasteiger partial charge on any atom is -0.490 e. The van der Waals surface area contributed by atoms with Crippen LogP contribution in [0, 0.1) is 17.0 Å². The van der Waals surface area contributed by atoms with E-state index >= 15 is 0 Å². The molecule has 0 saturated heterocycles. The summed E-state index contributed by atoms with van der Waals surface area (Å²) in [5.41, 5.74) is 1.35. The van der Waals surface area contributed by atoms with E-state index in [0.717, 1.165) is 5.56 Å². The number of aryl methyl sites for hydroxylation is 1. The summed E-state index contributed by atoms with van der Waals surface area (Å²) >= 11 is 5.06. The van der Waals surface area contributed by atoms with E-state index in [-0.39, 0.29) is 11.4 Å². The molecule has 98 valence electrons. The summed E-state index contributed by atoms with van der Waals surface area (Å²) in [6, 6.07) is 3.02. The molecule has 7 heteroatoms. The largest absolute Gasteiger partial charge is 0.490 e. The predicted octanol–water partition coefficient (Wildman–Crippen LogP) is 2.22. The van der Waals surface area contributed by atoms with Crippen LogP contribution in [0.15, 0.2) is 12.1 Å². The first kappa shape index (κ1) is 14.2. The molecule has 0 unspecified atom stereocenters. The highest BCUT2D eigenvalue weighted by molar-refractivity contribution is 7.80. The zero-order valence-corrected chi connectivity index (χ0v) is 11.3. The van der Waals surface area contributed by atoms with Gasteiger partial charge in [0.2, 0.25) is 0 Å². The molecule has 0 spiro atoms. The molecule has 1 aromatic rings. The van der Waals surface area contributed by atoms with Gasteiger partial charge in [-0.15, -0.1) is 0 Å². The van der Waals surface area contributed by atoms with Crippen molar-refractivity contribution in [3.8, 4) is 5.75 Å². The quantitative estimate of drug-likeness (QED) is 0.496. The van der Waals surface area contributed by atoms with Crippen LogP contribution in [0.3, 0.4) is 0 Å². The molecule has 0 aliphatic heterocycles. The SMILES string of the molecule is CCNC(=S)Nc1cc(OC)c([N+](=O)[O-])cc1C. The molecule has 0 atom stereocenters. The number of benzene rings is 1. The average molecular weight is 269 g/mol. The van der Waals surface area contributed by atoms with Gasteiger partial charge in [-0.3, -0.25) is 10.1 Å². The number of rotatable bonds is 4. The Morgan fingerprint density at radius 3 is 2.72 bits per heavy atom. The highest BCUT2D eigenvalue weighted by Crippen LogP contribution is 2.32. The monoisotopic (exact) mass is 269 g/mol. The molecular weight excluding hydrogens is 254 g/mol. The van der Waals surface area contributed by atoms with Crippen LogP contribution in [-0.4, -0.2) is 23.7 Å². The lowest BCUT2D eigenvalue weighted by Crippen LogP contribution is -2.28. The third-order valence-corrected chi connectivity index (χ3v) is 2.55. The second-order valence-electron chi connectivity index (χ2n) is 3.58. The van der Waals surface area contributed by atoms with Crippen molar-refractivity contribution in [1.29, 1.82) is 0 Å². The van der Waals surface area contributed by atoms with Crippen LogP contribution < -0.4 is 15.4 Å². The number of nitrogens with zero attached hydrogens (tertiary/aromatic N) is 1. The standard InChI is InChI=1S/C11H15N3O3S/c1-4-12-11(18)13-8-6-10(17-3)9(14(15)16)5-7(8)2/h5-6H,4H2,1-3H3,(H2,12,13,18). The topological polar surface area (TPSA) is 76.4 Å². The third kappa shape index (κ3) is 3.30. The summed E-state index contributed by atoms with van der Waals surface area (Å²) in [7, 11) is 1.39. The van der Waals surface area contributed by atoms with Crippen molar-refractivity contribution >= 4 is 28.7 Å². The first-order valence-corrected chi connectivity index (χ1v) is 5.78. The number of hydrogen-bond acceptors (Lipinski definition) is 4. The molecular formula is C11H15N3O3S. The Bertz CT molecular complexity index is 477. The van der Waals surface area contributed by atoms with Gasteiger partial charge in [0.1, 0.15) is 0 Å². The molecule has 0 radical (unpaired) electrons.